The number of hydrogen-bond acceptors (Lipinski definition) is 5. The molecule has 0 N–H and O–H groups in total. The average Bonchev–Trinajstić information content (AvgIpc) is 3.00. The van der Waals surface area contributed by atoms with Crippen LogP contribution in [-0.2, 0) is 38.8 Å². The molecule has 0 amide bonds. The third-order valence-corrected chi connectivity index (χ3v) is 7.79. The molecular formula is C33H32F2O4S. The number of thioether (sulfide) groups is 1. The summed E-state index contributed by atoms with van der Waals surface area (Å²) >= 11 is 1.35. The fraction of sp³-hybridized carbons (Fsp3) is 0.273. The number of benzene rings is 4. The molecule has 208 valence electrons. The van der Waals surface area contributed by atoms with Crippen molar-refractivity contribution in [1.82, 2.24) is 0 Å². The van der Waals surface area contributed by atoms with Gasteiger partial charge in [0.25, 0.3) is 6.43 Å². The van der Waals surface area contributed by atoms with Gasteiger partial charge in [0.15, 0.2) is 0 Å². The van der Waals surface area contributed by atoms with Crippen molar-refractivity contribution in [3.8, 4) is 0 Å². The van der Waals surface area contributed by atoms with Crippen LogP contribution in [0.15, 0.2) is 126 Å². The molecule has 5 rings (SSSR count). The molecule has 40 heavy (non-hydrogen) atoms. The highest BCUT2D eigenvalue weighted by atomic mass is 32.2. The van der Waals surface area contributed by atoms with Crippen molar-refractivity contribution >= 4 is 11.8 Å². The largest absolute Gasteiger partial charge is 0.368 e. The predicted molar refractivity (Wildman–Crippen MR) is 152 cm³/mol. The van der Waals surface area contributed by atoms with E-state index in [9.17, 15) is 8.78 Å². The van der Waals surface area contributed by atoms with Gasteiger partial charge < -0.3 is 18.9 Å². The molecule has 4 aromatic carbocycles. The van der Waals surface area contributed by atoms with E-state index in [0.717, 1.165) is 21.6 Å². The van der Waals surface area contributed by atoms with Gasteiger partial charge in [-0.05, 0) is 28.8 Å². The summed E-state index contributed by atoms with van der Waals surface area (Å²) in [5, 5.41) is 0. The van der Waals surface area contributed by atoms with Gasteiger partial charge in [0, 0.05) is 4.90 Å². The maximum atomic E-state index is 14.6. The van der Waals surface area contributed by atoms with Crippen LogP contribution in [0.4, 0.5) is 8.78 Å². The Labute approximate surface area is 238 Å². The van der Waals surface area contributed by atoms with E-state index < -0.39 is 36.3 Å². The maximum Gasteiger partial charge on any atom is 0.267 e. The first-order chi connectivity index (χ1) is 19.7. The van der Waals surface area contributed by atoms with Gasteiger partial charge in [-0.2, -0.15) is 0 Å². The van der Waals surface area contributed by atoms with Gasteiger partial charge in [-0.3, -0.25) is 0 Å². The summed E-state index contributed by atoms with van der Waals surface area (Å²) in [6.45, 7) is 0.641. The normalized spacial score (nSPS) is 22.8. The highest BCUT2D eigenvalue weighted by Crippen LogP contribution is 2.39. The first-order valence-electron chi connectivity index (χ1n) is 13.3. The summed E-state index contributed by atoms with van der Waals surface area (Å²) in [5.74, 6) is 0. The Morgan fingerprint density at radius 2 is 0.950 bits per heavy atom. The van der Waals surface area contributed by atoms with Gasteiger partial charge in [0.2, 0.25) is 0 Å². The Morgan fingerprint density at radius 3 is 1.40 bits per heavy atom. The van der Waals surface area contributed by atoms with E-state index >= 15 is 0 Å². The van der Waals surface area contributed by atoms with Crippen molar-refractivity contribution in [2.24, 2.45) is 0 Å². The molecule has 1 aliphatic heterocycles. The molecule has 0 bridgehead atoms. The van der Waals surface area contributed by atoms with E-state index in [1.165, 1.54) is 11.8 Å². The molecule has 1 fully saturated rings. The SMILES string of the molecule is FC(F)[C@H]1O[C@H](Sc2ccccc2)[C@@H](OCc2ccccc2)[C@@H](OCc2ccccc2)[C@@H]1OCc1ccccc1. The molecule has 7 heteroatoms. The summed E-state index contributed by atoms with van der Waals surface area (Å²) in [7, 11) is 0. The van der Waals surface area contributed by atoms with Crippen LogP contribution in [0, 0.1) is 0 Å². The van der Waals surface area contributed by atoms with E-state index in [1.807, 2.05) is 121 Å². The lowest BCUT2D eigenvalue weighted by atomic mass is 9.98. The Morgan fingerprint density at radius 1 is 0.550 bits per heavy atom. The standard InChI is InChI=1S/C33H32F2O4S/c34-32(35)30-28(36-21-24-13-5-1-6-14-24)29(37-22-25-15-7-2-8-16-25)31(38-23-26-17-9-3-10-18-26)33(39-30)40-27-19-11-4-12-20-27/h1-20,28-33H,21-23H2/t28-,29-,30-,31-,33+/m0/s1. The van der Waals surface area contributed by atoms with Crippen LogP contribution in [0.1, 0.15) is 16.7 Å². The third-order valence-electron chi connectivity index (χ3n) is 6.63. The third kappa shape index (κ3) is 7.77. The first kappa shape index (κ1) is 28.5. The van der Waals surface area contributed by atoms with Crippen LogP contribution in [0.3, 0.4) is 0 Å². The minimum absolute atomic E-state index is 0.144. The van der Waals surface area contributed by atoms with Gasteiger partial charge in [-0.15, -0.1) is 0 Å². The van der Waals surface area contributed by atoms with Crippen LogP contribution < -0.4 is 0 Å². The molecule has 1 heterocycles. The van der Waals surface area contributed by atoms with Crippen LogP contribution in [0.25, 0.3) is 0 Å². The van der Waals surface area contributed by atoms with E-state index in [0.29, 0.717) is 0 Å². The van der Waals surface area contributed by atoms with Crippen molar-refractivity contribution in [3.63, 3.8) is 0 Å². The lowest BCUT2D eigenvalue weighted by Gasteiger charge is -2.45. The fourth-order valence-corrected chi connectivity index (χ4v) is 5.76. The van der Waals surface area contributed by atoms with Crippen molar-refractivity contribution < 1.29 is 27.7 Å². The topological polar surface area (TPSA) is 36.9 Å². The minimum atomic E-state index is -2.78. The summed E-state index contributed by atoms with van der Waals surface area (Å²) in [4.78, 5) is 0.888. The van der Waals surface area contributed by atoms with E-state index in [-0.39, 0.29) is 19.8 Å². The van der Waals surface area contributed by atoms with Gasteiger partial charge in [0.05, 0.1) is 19.8 Å². The lowest BCUT2D eigenvalue weighted by molar-refractivity contribution is -0.266. The molecule has 0 aliphatic carbocycles. The van der Waals surface area contributed by atoms with E-state index in [2.05, 4.69) is 0 Å². The first-order valence-corrected chi connectivity index (χ1v) is 14.2. The highest BCUT2D eigenvalue weighted by molar-refractivity contribution is 7.99. The Bertz CT molecular complexity index is 1260. The molecule has 5 atom stereocenters. The van der Waals surface area contributed by atoms with Crippen LogP contribution in [-0.4, -0.2) is 36.3 Å². The van der Waals surface area contributed by atoms with Crippen molar-refractivity contribution in [2.75, 3.05) is 0 Å². The van der Waals surface area contributed by atoms with Gasteiger partial charge in [-0.1, -0.05) is 121 Å². The molecule has 0 unspecified atom stereocenters. The zero-order chi connectivity index (χ0) is 27.6. The van der Waals surface area contributed by atoms with Crippen LogP contribution in [0.2, 0.25) is 0 Å². The molecule has 0 saturated carbocycles. The van der Waals surface area contributed by atoms with Crippen molar-refractivity contribution in [3.05, 3.63) is 138 Å². The number of rotatable bonds is 12. The second-order valence-corrected chi connectivity index (χ2v) is 10.7. The highest BCUT2D eigenvalue weighted by Gasteiger charge is 2.51. The zero-order valence-corrected chi connectivity index (χ0v) is 22.7. The summed E-state index contributed by atoms with van der Waals surface area (Å²) in [6.07, 6.45) is -6.84. The molecule has 0 aromatic heterocycles. The Balaban J connectivity index is 1.46. The molecule has 1 aliphatic rings. The van der Waals surface area contributed by atoms with Gasteiger partial charge >= 0.3 is 0 Å². The molecule has 1 saturated heterocycles. The van der Waals surface area contributed by atoms with Crippen LogP contribution in [0.5, 0.6) is 0 Å². The Hall–Kier alpha value is -3.07. The number of hydrogen-bond donors (Lipinski definition) is 0. The number of halogens is 2. The van der Waals surface area contributed by atoms with Crippen LogP contribution >= 0.6 is 11.8 Å². The number of ether oxygens (including phenoxy) is 4. The zero-order valence-electron chi connectivity index (χ0n) is 21.9. The van der Waals surface area contributed by atoms with Crippen molar-refractivity contribution in [2.45, 2.75) is 61.0 Å². The fourth-order valence-electron chi connectivity index (χ4n) is 4.62. The predicted octanol–water partition coefficient (Wildman–Crippen LogP) is 7.52. The molecule has 4 nitrogen and oxygen atoms in total. The minimum Gasteiger partial charge on any atom is -0.368 e. The molecule has 4 aromatic rings. The summed E-state index contributed by atoms with van der Waals surface area (Å²) in [5.41, 5.74) is 2.02. The van der Waals surface area contributed by atoms with E-state index in [4.69, 9.17) is 18.9 Å². The monoisotopic (exact) mass is 562 g/mol. The average molecular weight is 563 g/mol. The quantitative estimate of drug-likeness (QED) is 0.178. The van der Waals surface area contributed by atoms with Crippen molar-refractivity contribution in [1.29, 1.82) is 0 Å². The second kappa shape index (κ2) is 14.5. The van der Waals surface area contributed by atoms with E-state index in [1.54, 1.807) is 0 Å². The number of alkyl halides is 2. The molecule has 0 radical (unpaired) electrons. The Kier molecular flexibility index (Phi) is 10.3. The summed E-state index contributed by atoms with van der Waals surface area (Å²) in [6, 6.07) is 38.5. The maximum absolute atomic E-state index is 14.6. The van der Waals surface area contributed by atoms with Gasteiger partial charge in [0.1, 0.15) is 29.9 Å². The summed E-state index contributed by atoms with van der Waals surface area (Å²) < 4.78 is 54.5. The second-order valence-electron chi connectivity index (χ2n) is 9.52. The lowest BCUT2D eigenvalue weighted by Crippen LogP contribution is -2.61. The van der Waals surface area contributed by atoms with Gasteiger partial charge in [-0.25, -0.2) is 8.78 Å². The smallest absolute Gasteiger partial charge is 0.267 e. The molecular weight excluding hydrogens is 530 g/mol. The molecule has 0 spiro atoms.